The molecule has 1 saturated carbocycles. The Kier molecular flexibility index (Phi) is 4.52. The molecule has 2 heterocycles. The van der Waals surface area contributed by atoms with Gasteiger partial charge in [0.15, 0.2) is 0 Å². The van der Waals surface area contributed by atoms with Crippen molar-refractivity contribution in [1.82, 2.24) is 9.88 Å². The number of hydrogen-bond donors (Lipinski definition) is 2. The van der Waals surface area contributed by atoms with Gasteiger partial charge in [0.25, 0.3) is 5.56 Å². The Morgan fingerprint density at radius 1 is 1.32 bits per heavy atom. The maximum absolute atomic E-state index is 12.5. The second-order valence-corrected chi connectivity index (χ2v) is 6.71. The molecule has 1 aromatic heterocycles. The van der Waals surface area contributed by atoms with Gasteiger partial charge in [-0.3, -0.25) is 14.4 Å². The lowest BCUT2D eigenvalue weighted by atomic mass is 10.1. The van der Waals surface area contributed by atoms with E-state index in [2.05, 4.69) is 10.3 Å². The Morgan fingerprint density at radius 2 is 2.09 bits per heavy atom. The number of nitrogens with one attached hydrogen (secondary N) is 2. The molecule has 7 heteroatoms. The SMILES string of the molecule is O=C(Nc1ccc[nH]c1=O)[C@@H]1CSCN1C(=O)C1CCCC1. The molecule has 1 aliphatic heterocycles. The molecule has 0 radical (unpaired) electrons. The molecule has 0 unspecified atom stereocenters. The standard InChI is InChI=1S/C15H19N3O3S/c19-13-11(6-3-7-16-13)17-14(20)12-8-22-9-18(12)15(21)10-4-1-2-5-10/h3,6-7,10,12H,1-2,4-5,8-9H2,(H,16,19)(H,17,20)/t12-/m0/s1. The molecule has 22 heavy (non-hydrogen) atoms. The highest BCUT2D eigenvalue weighted by Gasteiger charge is 2.38. The van der Waals surface area contributed by atoms with Gasteiger partial charge in [0.1, 0.15) is 11.7 Å². The zero-order chi connectivity index (χ0) is 15.5. The molecule has 2 fully saturated rings. The number of anilines is 1. The molecule has 2 aliphatic rings. The Hall–Kier alpha value is -1.76. The van der Waals surface area contributed by atoms with Gasteiger partial charge in [-0.15, -0.1) is 11.8 Å². The number of aromatic nitrogens is 1. The number of carbonyl (C=O) groups excluding carboxylic acids is 2. The monoisotopic (exact) mass is 321 g/mol. The molecule has 6 nitrogen and oxygen atoms in total. The maximum Gasteiger partial charge on any atom is 0.271 e. The molecule has 3 rings (SSSR count). The molecule has 2 amide bonds. The van der Waals surface area contributed by atoms with Crippen molar-refractivity contribution in [2.75, 3.05) is 16.9 Å². The smallest absolute Gasteiger partial charge is 0.271 e. The number of aromatic amines is 1. The van der Waals surface area contributed by atoms with Crippen molar-refractivity contribution in [3.05, 3.63) is 28.7 Å². The van der Waals surface area contributed by atoms with E-state index in [1.54, 1.807) is 28.8 Å². The second-order valence-electron chi connectivity index (χ2n) is 5.71. The molecular weight excluding hydrogens is 302 g/mol. The van der Waals surface area contributed by atoms with Crippen LogP contribution >= 0.6 is 11.8 Å². The first-order valence-electron chi connectivity index (χ1n) is 7.53. The molecule has 1 atom stereocenters. The summed E-state index contributed by atoms with van der Waals surface area (Å²) in [6.07, 6.45) is 5.54. The van der Waals surface area contributed by atoms with Gasteiger partial charge >= 0.3 is 0 Å². The highest BCUT2D eigenvalue weighted by Crippen LogP contribution is 2.31. The Bertz CT molecular complexity index is 624. The van der Waals surface area contributed by atoms with Gasteiger partial charge in [-0.25, -0.2) is 0 Å². The van der Waals surface area contributed by atoms with E-state index in [-0.39, 0.29) is 29.0 Å². The molecular formula is C15H19N3O3S. The van der Waals surface area contributed by atoms with Crippen molar-refractivity contribution in [3.8, 4) is 0 Å². The summed E-state index contributed by atoms with van der Waals surface area (Å²) in [5.41, 5.74) is -0.118. The van der Waals surface area contributed by atoms with Crippen LogP contribution in [0.3, 0.4) is 0 Å². The second kappa shape index (κ2) is 6.56. The number of rotatable bonds is 3. The van der Waals surface area contributed by atoms with Crippen molar-refractivity contribution in [3.63, 3.8) is 0 Å². The summed E-state index contributed by atoms with van der Waals surface area (Å²) < 4.78 is 0. The fraction of sp³-hybridized carbons (Fsp3) is 0.533. The van der Waals surface area contributed by atoms with Crippen LogP contribution in [0.5, 0.6) is 0 Å². The summed E-state index contributed by atoms with van der Waals surface area (Å²) >= 11 is 1.58. The maximum atomic E-state index is 12.5. The molecule has 0 aromatic carbocycles. The van der Waals surface area contributed by atoms with Gasteiger partial charge in [-0.1, -0.05) is 12.8 Å². The van der Waals surface area contributed by atoms with Crippen molar-refractivity contribution >= 4 is 29.3 Å². The zero-order valence-corrected chi connectivity index (χ0v) is 13.0. The summed E-state index contributed by atoms with van der Waals surface area (Å²) in [6, 6.07) is 2.72. The quantitative estimate of drug-likeness (QED) is 0.882. The third kappa shape index (κ3) is 3.04. The van der Waals surface area contributed by atoms with E-state index in [4.69, 9.17) is 0 Å². The largest absolute Gasteiger partial charge is 0.327 e. The van der Waals surface area contributed by atoms with E-state index in [1.165, 1.54) is 6.20 Å². The van der Waals surface area contributed by atoms with Crippen LogP contribution in [0.1, 0.15) is 25.7 Å². The van der Waals surface area contributed by atoms with E-state index < -0.39 is 6.04 Å². The van der Waals surface area contributed by atoms with Crippen molar-refractivity contribution < 1.29 is 9.59 Å². The molecule has 2 N–H and O–H groups in total. The predicted molar refractivity (Wildman–Crippen MR) is 85.6 cm³/mol. The van der Waals surface area contributed by atoms with Gasteiger partial charge in [-0.2, -0.15) is 0 Å². The van der Waals surface area contributed by atoms with Crippen LogP contribution in [0.2, 0.25) is 0 Å². The fourth-order valence-electron chi connectivity index (χ4n) is 3.02. The number of H-pyrrole nitrogens is 1. The minimum Gasteiger partial charge on any atom is -0.327 e. The predicted octanol–water partition coefficient (Wildman–Crippen LogP) is 1.41. The first kappa shape index (κ1) is 15.1. The van der Waals surface area contributed by atoms with Gasteiger partial charge < -0.3 is 15.2 Å². The van der Waals surface area contributed by atoms with Crippen LogP contribution in [0.4, 0.5) is 5.69 Å². The molecule has 118 valence electrons. The van der Waals surface area contributed by atoms with Crippen LogP contribution in [0, 0.1) is 5.92 Å². The van der Waals surface area contributed by atoms with Gasteiger partial charge in [0.05, 0.1) is 5.88 Å². The first-order chi connectivity index (χ1) is 10.7. The number of thioether (sulfide) groups is 1. The molecule has 0 spiro atoms. The van der Waals surface area contributed by atoms with E-state index in [0.717, 1.165) is 25.7 Å². The van der Waals surface area contributed by atoms with Crippen molar-refractivity contribution in [2.24, 2.45) is 5.92 Å². The average molecular weight is 321 g/mol. The molecule has 1 aromatic rings. The Balaban J connectivity index is 1.69. The van der Waals surface area contributed by atoms with Gasteiger partial charge in [-0.05, 0) is 25.0 Å². The van der Waals surface area contributed by atoms with E-state index in [0.29, 0.717) is 11.6 Å². The minimum absolute atomic E-state index is 0.0640. The highest BCUT2D eigenvalue weighted by atomic mass is 32.2. The average Bonchev–Trinajstić information content (AvgIpc) is 3.20. The van der Waals surface area contributed by atoms with Gasteiger partial charge in [0, 0.05) is 17.9 Å². The zero-order valence-electron chi connectivity index (χ0n) is 12.2. The van der Waals surface area contributed by atoms with Crippen LogP contribution in [0.15, 0.2) is 23.1 Å². The van der Waals surface area contributed by atoms with Crippen molar-refractivity contribution in [1.29, 1.82) is 0 Å². The van der Waals surface area contributed by atoms with Gasteiger partial charge in [0.2, 0.25) is 11.8 Å². The van der Waals surface area contributed by atoms with Crippen molar-refractivity contribution in [2.45, 2.75) is 31.7 Å². The topological polar surface area (TPSA) is 82.3 Å². The number of amides is 2. The molecule has 1 aliphatic carbocycles. The van der Waals surface area contributed by atoms with E-state index in [1.807, 2.05) is 0 Å². The molecule has 1 saturated heterocycles. The Labute approximate surface area is 132 Å². The summed E-state index contributed by atoms with van der Waals surface area (Å²) in [7, 11) is 0. The molecule has 0 bridgehead atoms. The lowest BCUT2D eigenvalue weighted by molar-refractivity contribution is -0.139. The summed E-state index contributed by atoms with van der Waals surface area (Å²) in [5.74, 6) is 1.000. The fourth-order valence-corrected chi connectivity index (χ4v) is 4.18. The minimum atomic E-state index is -0.488. The normalized spacial score (nSPS) is 22.0. The third-order valence-corrected chi connectivity index (χ3v) is 5.26. The number of carbonyl (C=O) groups is 2. The number of nitrogens with zero attached hydrogens (tertiary/aromatic N) is 1. The first-order valence-corrected chi connectivity index (χ1v) is 8.69. The Morgan fingerprint density at radius 3 is 2.82 bits per heavy atom. The van der Waals surface area contributed by atoms with Crippen LogP contribution in [-0.4, -0.2) is 39.4 Å². The van der Waals surface area contributed by atoms with E-state index >= 15 is 0 Å². The highest BCUT2D eigenvalue weighted by molar-refractivity contribution is 7.99. The summed E-state index contributed by atoms with van der Waals surface area (Å²) in [6.45, 7) is 0. The van der Waals surface area contributed by atoms with Crippen LogP contribution < -0.4 is 10.9 Å². The summed E-state index contributed by atoms with van der Waals surface area (Å²) in [5, 5.41) is 2.64. The summed E-state index contributed by atoms with van der Waals surface area (Å²) in [4.78, 5) is 40.8. The third-order valence-electron chi connectivity index (χ3n) is 4.25. The van der Waals surface area contributed by atoms with E-state index in [9.17, 15) is 14.4 Å². The number of pyridine rings is 1. The van der Waals surface area contributed by atoms with Crippen LogP contribution in [-0.2, 0) is 9.59 Å². The number of hydrogen-bond acceptors (Lipinski definition) is 4. The lowest BCUT2D eigenvalue weighted by Gasteiger charge is -2.25. The lowest BCUT2D eigenvalue weighted by Crippen LogP contribution is -2.46. The van der Waals surface area contributed by atoms with Crippen LogP contribution in [0.25, 0.3) is 0 Å².